The number of aromatic hydroxyl groups is 1. The SMILES string of the molecule is Cc1cc(O)c([C@H](N)CCN)c(C)c1Br.Cl. The highest BCUT2D eigenvalue weighted by atomic mass is 79.9. The topological polar surface area (TPSA) is 72.3 Å². The zero-order valence-electron chi connectivity index (χ0n) is 9.46. The largest absolute Gasteiger partial charge is 0.508 e. The van der Waals surface area contributed by atoms with Gasteiger partial charge >= 0.3 is 0 Å². The third-order valence-corrected chi connectivity index (χ3v) is 3.78. The fourth-order valence-corrected chi connectivity index (χ4v) is 2.07. The van der Waals surface area contributed by atoms with Crippen LogP contribution in [0.2, 0.25) is 0 Å². The van der Waals surface area contributed by atoms with Crippen molar-refractivity contribution in [3.8, 4) is 5.75 Å². The molecule has 92 valence electrons. The smallest absolute Gasteiger partial charge is 0.120 e. The minimum absolute atomic E-state index is 0. The van der Waals surface area contributed by atoms with Crippen LogP contribution in [-0.4, -0.2) is 11.7 Å². The van der Waals surface area contributed by atoms with Crippen LogP contribution in [0.15, 0.2) is 10.5 Å². The van der Waals surface area contributed by atoms with Crippen LogP contribution in [0, 0.1) is 13.8 Å². The highest BCUT2D eigenvalue weighted by Gasteiger charge is 2.16. The number of hydrogen-bond donors (Lipinski definition) is 3. The van der Waals surface area contributed by atoms with Gasteiger partial charge in [-0.15, -0.1) is 12.4 Å². The lowest BCUT2D eigenvalue weighted by Crippen LogP contribution is -2.17. The van der Waals surface area contributed by atoms with Gasteiger partial charge in [0.1, 0.15) is 5.75 Å². The molecule has 0 bridgehead atoms. The van der Waals surface area contributed by atoms with E-state index in [1.165, 1.54) is 0 Å². The number of phenols is 1. The maximum absolute atomic E-state index is 9.85. The Balaban J connectivity index is 0.00000225. The molecule has 3 nitrogen and oxygen atoms in total. The Morgan fingerprint density at radius 1 is 1.44 bits per heavy atom. The van der Waals surface area contributed by atoms with Gasteiger partial charge < -0.3 is 16.6 Å². The van der Waals surface area contributed by atoms with E-state index < -0.39 is 0 Å². The van der Waals surface area contributed by atoms with Gasteiger partial charge in [0.15, 0.2) is 0 Å². The third-order valence-electron chi connectivity index (χ3n) is 2.56. The van der Waals surface area contributed by atoms with E-state index in [1.807, 2.05) is 13.8 Å². The molecule has 0 aliphatic heterocycles. The summed E-state index contributed by atoms with van der Waals surface area (Å²) >= 11 is 3.49. The predicted octanol–water partition coefficient (Wildman–Crippen LogP) is 2.54. The molecule has 1 aromatic rings. The van der Waals surface area contributed by atoms with Crippen LogP contribution in [0.5, 0.6) is 5.75 Å². The second-order valence-electron chi connectivity index (χ2n) is 3.75. The van der Waals surface area contributed by atoms with Crippen molar-refractivity contribution >= 4 is 28.3 Å². The van der Waals surface area contributed by atoms with Crippen LogP contribution in [0.1, 0.15) is 29.2 Å². The molecule has 1 aromatic carbocycles. The normalized spacial score (nSPS) is 12.1. The molecule has 0 aromatic heterocycles. The molecular weight excluding hydrogens is 291 g/mol. The first-order valence-corrected chi connectivity index (χ1v) is 5.72. The lowest BCUT2D eigenvalue weighted by Gasteiger charge is -2.18. The van der Waals surface area contributed by atoms with Crippen molar-refractivity contribution in [1.82, 2.24) is 0 Å². The van der Waals surface area contributed by atoms with Crippen LogP contribution in [-0.2, 0) is 0 Å². The number of rotatable bonds is 3. The first-order chi connectivity index (χ1) is 6.99. The van der Waals surface area contributed by atoms with Gasteiger partial charge in [0, 0.05) is 16.1 Å². The summed E-state index contributed by atoms with van der Waals surface area (Å²) in [5, 5.41) is 9.85. The van der Waals surface area contributed by atoms with E-state index >= 15 is 0 Å². The molecule has 0 spiro atoms. The van der Waals surface area contributed by atoms with Crippen LogP contribution >= 0.6 is 28.3 Å². The van der Waals surface area contributed by atoms with Crippen molar-refractivity contribution in [2.45, 2.75) is 26.3 Å². The van der Waals surface area contributed by atoms with Crippen molar-refractivity contribution in [2.75, 3.05) is 6.54 Å². The molecule has 0 saturated carbocycles. The quantitative estimate of drug-likeness (QED) is 0.803. The number of aryl methyl sites for hydroxylation is 1. The van der Waals surface area contributed by atoms with E-state index in [4.69, 9.17) is 11.5 Å². The van der Waals surface area contributed by atoms with Crippen molar-refractivity contribution < 1.29 is 5.11 Å². The lowest BCUT2D eigenvalue weighted by molar-refractivity contribution is 0.457. The Bertz CT molecular complexity index is 371. The monoisotopic (exact) mass is 308 g/mol. The minimum atomic E-state index is -0.202. The molecule has 5 N–H and O–H groups in total. The summed E-state index contributed by atoms with van der Waals surface area (Å²) in [7, 11) is 0. The molecule has 0 unspecified atom stereocenters. The number of halogens is 2. The molecule has 0 fully saturated rings. The van der Waals surface area contributed by atoms with E-state index in [0.717, 1.165) is 21.2 Å². The van der Waals surface area contributed by atoms with Crippen molar-refractivity contribution in [3.63, 3.8) is 0 Å². The van der Waals surface area contributed by atoms with Gasteiger partial charge in [0.2, 0.25) is 0 Å². The average molecular weight is 310 g/mol. The Kier molecular flexibility index (Phi) is 6.33. The standard InChI is InChI=1S/C11H17BrN2O.ClH/c1-6-5-9(15)10(7(2)11(6)12)8(14)3-4-13;/h5,8,15H,3-4,13-14H2,1-2H3;1H/t8-;/m1./s1. The summed E-state index contributed by atoms with van der Waals surface area (Å²) in [6.07, 6.45) is 0.671. The Morgan fingerprint density at radius 3 is 2.50 bits per heavy atom. The second-order valence-corrected chi connectivity index (χ2v) is 4.54. The number of phenolic OH excluding ortho intramolecular Hbond substituents is 1. The average Bonchev–Trinajstić information content (AvgIpc) is 2.15. The summed E-state index contributed by atoms with van der Waals surface area (Å²) in [6.45, 7) is 4.41. The van der Waals surface area contributed by atoms with Gasteiger partial charge in [-0.3, -0.25) is 0 Å². The summed E-state index contributed by atoms with van der Waals surface area (Å²) in [4.78, 5) is 0. The van der Waals surface area contributed by atoms with Crippen molar-refractivity contribution in [2.24, 2.45) is 11.5 Å². The fourth-order valence-electron chi connectivity index (χ4n) is 1.74. The molecule has 0 radical (unpaired) electrons. The van der Waals surface area contributed by atoms with Gasteiger partial charge in [0.05, 0.1) is 0 Å². The van der Waals surface area contributed by atoms with Crippen LogP contribution in [0.3, 0.4) is 0 Å². The van der Waals surface area contributed by atoms with Crippen molar-refractivity contribution in [1.29, 1.82) is 0 Å². The maximum atomic E-state index is 9.85. The molecule has 16 heavy (non-hydrogen) atoms. The van der Waals surface area contributed by atoms with E-state index in [-0.39, 0.29) is 24.2 Å². The highest BCUT2D eigenvalue weighted by Crippen LogP contribution is 2.35. The Hall–Kier alpha value is -0.290. The van der Waals surface area contributed by atoms with Gasteiger partial charge in [-0.05, 0) is 44.0 Å². The molecular formula is C11H18BrClN2O. The van der Waals surface area contributed by atoms with Gasteiger partial charge in [0.25, 0.3) is 0 Å². The summed E-state index contributed by atoms with van der Waals surface area (Å²) in [6, 6.07) is 1.52. The summed E-state index contributed by atoms with van der Waals surface area (Å²) in [5.74, 6) is 0.258. The van der Waals surface area contributed by atoms with Crippen LogP contribution in [0.4, 0.5) is 0 Å². The van der Waals surface area contributed by atoms with E-state index in [9.17, 15) is 5.11 Å². The molecule has 0 aliphatic rings. The number of nitrogens with two attached hydrogens (primary N) is 2. The molecule has 0 aliphatic carbocycles. The second kappa shape index (κ2) is 6.45. The summed E-state index contributed by atoms with van der Waals surface area (Å²) in [5.41, 5.74) is 14.2. The Labute approximate surface area is 111 Å². The molecule has 0 saturated heterocycles. The van der Waals surface area contributed by atoms with Crippen LogP contribution in [0.25, 0.3) is 0 Å². The Morgan fingerprint density at radius 2 is 2.00 bits per heavy atom. The first-order valence-electron chi connectivity index (χ1n) is 4.93. The molecule has 5 heteroatoms. The number of benzene rings is 1. The third kappa shape index (κ3) is 3.10. The van der Waals surface area contributed by atoms with E-state index in [1.54, 1.807) is 6.07 Å². The molecule has 0 amide bonds. The van der Waals surface area contributed by atoms with Gasteiger partial charge in [-0.2, -0.15) is 0 Å². The molecule has 1 atom stereocenters. The lowest BCUT2D eigenvalue weighted by atomic mass is 9.96. The molecule has 1 rings (SSSR count). The minimum Gasteiger partial charge on any atom is -0.508 e. The maximum Gasteiger partial charge on any atom is 0.120 e. The molecule has 0 heterocycles. The first kappa shape index (κ1) is 15.7. The van der Waals surface area contributed by atoms with Gasteiger partial charge in [-0.25, -0.2) is 0 Å². The van der Waals surface area contributed by atoms with Crippen molar-refractivity contribution in [3.05, 3.63) is 27.2 Å². The van der Waals surface area contributed by atoms with Gasteiger partial charge in [-0.1, -0.05) is 15.9 Å². The van der Waals surface area contributed by atoms with E-state index in [2.05, 4.69) is 15.9 Å². The fraction of sp³-hybridized carbons (Fsp3) is 0.455. The van der Waals surface area contributed by atoms with E-state index in [0.29, 0.717) is 13.0 Å². The summed E-state index contributed by atoms with van der Waals surface area (Å²) < 4.78 is 1.00. The van der Waals surface area contributed by atoms with Crippen LogP contribution < -0.4 is 11.5 Å². The predicted molar refractivity (Wildman–Crippen MR) is 73.1 cm³/mol. The zero-order chi connectivity index (χ0) is 11.6. The highest BCUT2D eigenvalue weighted by molar-refractivity contribution is 9.10. The number of hydrogen-bond acceptors (Lipinski definition) is 3. The zero-order valence-corrected chi connectivity index (χ0v) is 11.9.